The number of hydrogen-bond donors (Lipinski definition) is 2. The molecule has 0 aliphatic heterocycles. The van der Waals surface area contributed by atoms with Crippen molar-refractivity contribution >= 4 is 5.82 Å². The fourth-order valence-corrected chi connectivity index (χ4v) is 4.08. The Morgan fingerprint density at radius 3 is 2.85 bits per heavy atom. The van der Waals surface area contributed by atoms with Crippen LogP contribution in [0.3, 0.4) is 0 Å². The lowest BCUT2D eigenvalue weighted by Crippen LogP contribution is -2.29. The monoisotopic (exact) mass is 275 g/mol. The standard InChI is InChI=1S/C15H25N5/c1-10-5-14(19-16)18-15(17-10)9-20(2)8-13-7-11-3-4-12(13)6-11/h5,11-13H,3-4,6-9,16H2,1-2H3,(H,17,18,19). The molecule has 3 N–H and O–H groups in total. The highest BCUT2D eigenvalue weighted by molar-refractivity contribution is 5.33. The summed E-state index contributed by atoms with van der Waals surface area (Å²) in [6.45, 7) is 3.94. The average Bonchev–Trinajstić information content (AvgIpc) is 2.99. The minimum absolute atomic E-state index is 0.695. The fourth-order valence-electron chi connectivity index (χ4n) is 4.08. The molecular weight excluding hydrogens is 250 g/mol. The highest BCUT2D eigenvalue weighted by Crippen LogP contribution is 2.48. The lowest BCUT2D eigenvalue weighted by molar-refractivity contribution is 0.211. The maximum absolute atomic E-state index is 5.44. The molecule has 2 fully saturated rings. The van der Waals surface area contributed by atoms with Crippen molar-refractivity contribution in [3.05, 3.63) is 17.6 Å². The van der Waals surface area contributed by atoms with Crippen molar-refractivity contribution in [2.45, 2.75) is 39.2 Å². The summed E-state index contributed by atoms with van der Waals surface area (Å²) < 4.78 is 0. The Labute approximate surface area is 120 Å². The third kappa shape index (κ3) is 2.94. The zero-order valence-electron chi connectivity index (χ0n) is 12.5. The van der Waals surface area contributed by atoms with E-state index in [1.165, 1.54) is 32.2 Å². The number of anilines is 1. The molecule has 0 saturated heterocycles. The van der Waals surface area contributed by atoms with Gasteiger partial charge in [0, 0.05) is 18.3 Å². The SMILES string of the molecule is Cc1cc(NN)nc(CN(C)CC2CC3CCC2C3)n1. The predicted octanol–water partition coefficient (Wildman–Crippen LogP) is 1.94. The van der Waals surface area contributed by atoms with E-state index in [0.717, 1.165) is 35.8 Å². The van der Waals surface area contributed by atoms with Crippen molar-refractivity contribution in [1.82, 2.24) is 14.9 Å². The van der Waals surface area contributed by atoms with Crippen molar-refractivity contribution in [2.75, 3.05) is 19.0 Å². The first-order valence-corrected chi connectivity index (χ1v) is 7.63. The Balaban J connectivity index is 1.58. The third-order valence-electron chi connectivity index (χ3n) is 4.89. The molecule has 3 rings (SSSR count). The van der Waals surface area contributed by atoms with Crippen LogP contribution >= 0.6 is 0 Å². The first kappa shape index (κ1) is 13.8. The molecule has 0 aromatic carbocycles. The second-order valence-electron chi connectivity index (χ2n) is 6.59. The third-order valence-corrected chi connectivity index (χ3v) is 4.89. The molecule has 1 aromatic heterocycles. The van der Waals surface area contributed by atoms with Crippen molar-refractivity contribution in [3.8, 4) is 0 Å². The van der Waals surface area contributed by atoms with Gasteiger partial charge in [0.2, 0.25) is 0 Å². The van der Waals surface area contributed by atoms with E-state index in [2.05, 4.69) is 27.3 Å². The molecule has 5 nitrogen and oxygen atoms in total. The smallest absolute Gasteiger partial charge is 0.144 e. The number of nitrogen functional groups attached to an aromatic ring is 1. The van der Waals surface area contributed by atoms with Crippen LogP contribution in [-0.4, -0.2) is 28.5 Å². The van der Waals surface area contributed by atoms with E-state index in [9.17, 15) is 0 Å². The van der Waals surface area contributed by atoms with Gasteiger partial charge < -0.3 is 5.43 Å². The molecule has 3 unspecified atom stereocenters. The van der Waals surface area contributed by atoms with Gasteiger partial charge in [0.1, 0.15) is 11.6 Å². The van der Waals surface area contributed by atoms with E-state index < -0.39 is 0 Å². The van der Waals surface area contributed by atoms with Gasteiger partial charge in [-0.15, -0.1) is 0 Å². The molecule has 2 bridgehead atoms. The average molecular weight is 275 g/mol. The highest BCUT2D eigenvalue weighted by Gasteiger charge is 2.39. The predicted molar refractivity (Wildman–Crippen MR) is 79.9 cm³/mol. The molecular formula is C15H25N5. The first-order chi connectivity index (χ1) is 9.64. The number of fused-ring (bicyclic) bond motifs is 2. The van der Waals surface area contributed by atoms with E-state index in [1.807, 2.05) is 13.0 Å². The van der Waals surface area contributed by atoms with Gasteiger partial charge in [0.05, 0.1) is 6.54 Å². The van der Waals surface area contributed by atoms with Crippen LogP contribution in [0.2, 0.25) is 0 Å². The Kier molecular flexibility index (Phi) is 3.89. The van der Waals surface area contributed by atoms with E-state index >= 15 is 0 Å². The second kappa shape index (κ2) is 5.66. The summed E-state index contributed by atoms with van der Waals surface area (Å²) in [6, 6.07) is 1.86. The summed E-state index contributed by atoms with van der Waals surface area (Å²) in [5, 5.41) is 0. The molecule has 110 valence electrons. The topological polar surface area (TPSA) is 67.1 Å². The normalized spacial score (nSPS) is 28.3. The largest absolute Gasteiger partial charge is 0.308 e. The number of nitrogens with zero attached hydrogens (tertiary/aromatic N) is 3. The van der Waals surface area contributed by atoms with Crippen LogP contribution in [-0.2, 0) is 6.54 Å². The number of hydrogen-bond acceptors (Lipinski definition) is 5. The summed E-state index contributed by atoms with van der Waals surface area (Å²) >= 11 is 0. The summed E-state index contributed by atoms with van der Waals surface area (Å²) in [5.41, 5.74) is 3.56. The molecule has 1 aromatic rings. The van der Waals surface area contributed by atoms with Crippen molar-refractivity contribution in [1.29, 1.82) is 0 Å². The van der Waals surface area contributed by atoms with E-state index in [4.69, 9.17) is 5.84 Å². The van der Waals surface area contributed by atoms with E-state index in [1.54, 1.807) is 0 Å². The van der Waals surface area contributed by atoms with Gasteiger partial charge in [-0.05, 0) is 51.0 Å². The molecule has 2 aliphatic rings. The molecule has 3 atom stereocenters. The van der Waals surface area contributed by atoms with E-state index in [0.29, 0.717) is 5.82 Å². The van der Waals surface area contributed by atoms with Gasteiger partial charge in [-0.1, -0.05) is 6.42 Å². The fraction of sp³-hybridized carbons (Fsp3) is 0.733. The maximum atomic E-state index is 5.44. The van der Waals surface area contributed by atoms with Gasteiger partial charge in [0.15, 0.2) is 0 Å². The number of aromatic nitrogens is 2. The van der Waals surface area contributed by atoms with Crippen LogP contribution in [0.4, 0.5) is 5.82 Å². The van der Waals surface area contributed by atoms with Crippen molar-refractivity contribution in [2.24, 2.45) is 23.6 Å². The molecule has 2 aliphatic carbocycles. The highest BCUT2D eigenvalue weighted by atomic mass is 15.3. The van der Waals surface area contributed by atoms with Crippen LogP contribution in [0.5, 0.6) is 0 Å². The number of rotatable bonds is 5. The van der Waals surface area contributed by atoms with Crippen LogP contribution in [0.25, 0.3) is 0 Å². The quantitative estimate of drug-likeness (QED) is 0.635. The molecule has 20 heavy (non-hydrogen) atoms. The summed E-state index contributed by atoms with van der Waals surface area (Å²) in [7, 11) is 2.17. The first-order valence-electron chi connectivity index (χ1n) is 7.63. The molecule has 2 saturated carbocycles. The molecule has 1 heterocycles. The van der Waals surface area contributed by atoms with Crippen LogP contribution < -0.4 is 11.3 Å². The van der Waals surface area contributed by atoms with Gasteiger partial charge >= 0.3 is 0 Å². The Bertz CT molecular complexity index is 475. The van der Waals surface area contributed by atoms with Crippen LogP contribution in [0, 0.1) is 24.7 Å². The van der Waals surface area contributed by atoms with Crippen molar-refractivity contribution in [3.63, 3.8) is 0 Å². The zero-order valence-corrected chi connectivity index (χ0v) is 12.5. The van der Waals surface area contributed by atoms with E-state index in [-0.39, 0.29) is 0 Å². The second-order valence-corrected chi connectivity index (χ2v) is 6.59. The zero-order chi connectivity index (χ0) is 14.1. The summed E-state index contributed by atoms with van der Waals surface area (Å²) in [6.07, 6.45) is 5.82. The number of hydrazine groups is 1. The minimum atomic E-state index is 0.695. The summed E-state index contributed by atoms with van der Waals surface area (Å²) in [5.74, 6) is 9.86. The molecule has 0 amide bonds. The summed E-state index contributed by atoms with van der Waals surface area (Å²) in [4.78, 5) is 11.3. The number of aryl methyl sites for hydroxylation is 1. The number of nitrogens with one attached hydrogen (secondary N) is 1. The minimum Gasteiger partial charge on any atom is -0.308 e. The van der Waals surface area contributed by atoms with Gasteiger partial charge in [-0.2, -0.15) is 0 Å². The number of nitrogens with two attached hydrogens (primary N) is 1. The van der Waals surface area contributed by atoms with Gasteiger partial charge in [-0.3, -0.25) is 4.90 Å². The van der Waals surface area contributed by atoms with Gasteiger partial charge in [0.25, 0.3) is 0 Å². The van der Waals surface area contributed by atoms with Crippen LogP contribution in [0.1, 0.15) is 37.2 Å². The van der Waals surface area contributed by atoms with Crippen molar-refractivity contribution < 1.29 is 0 Å². The maximum Gasteiger partial charge on any atom is 0.144 e. The molecule has 0 radical (unpaired) electrons. The molecule has 5 heteroatoms. The van der Waals surface area contributed by atoms with Gasteiger partial charge in [-0.25, -0.2) is 15.8 Å². The molecule has 0 spiro atoms. The lowest BCUT2D eigenvalue weighted by atomic mass is 9.88. The Morgan fingerprint density at radius 2 is 2.20 bits per heavy atom. The Hall–Kier alpha value is -1.20. The lowest BCUT2D eigenvalue weighted by Gasteiger charge is -2.26. The Morgan fingerprint density at radius 1 is 1.35 bits per heavy atom. The van der Waals surface area contributed by atoms with Crippen LogP contribution in [0.15, 0.2) is 6.07 Å².